The molecule has 464 valence electrons. The molecule has 0 bridgehead atoms. The number of hydrogen-bond acceptors (Lipinski definition) is 17. The van der Waals surface area contributed by atoms with Crippen LogP contribution in [0.15, 0.2) is 60.3 Å². The molecule has 28 heteroatoms. The first-order valence-electron chi connectivity index (χ1n) is 28.2. The van der Waals surface area contributed by atoms with Crippen molar-refractivity contribution in [3.05, 3.63) is 71.6 Å². The number of carbonyl (C=O) groups is 11. The molecular weight excluding hydrogens is 1100 g/mol. The lowest BCUT2D eigenvalue weighted by Crippen LogP contribution is -2.62. The topological polar surface area (TPSA) is 441 Å². The van der Waals surface area contributed by atoms with Gasteiger partial charge in [-0.15, -0.1) is 0 Å². The van der Waals surface area contributed by atoms with E-state index in [2.05, 4.69) is 64.7 Å². The highest BCUT2D eigenvalue weighted by Crippen LogP contribution is 2.16. The van der Waals surface area contributed by atoms with E-state index in [1.54, 1.807) is 0 Å². The number of nitrogens with one attached hydrogen (secondary N) is 10. The summed E-state index contributed by atoms with van der Waals surface area (Å²) >= 11 is 0. The van der Waals surface area contributed by atoms with Crippen molar-refractivity contribution in [3.63, 3.8) is 0 Å². The van der Waals surface area contributed by atoms with Crippen LogP contribution in [0.25, 0.3) is 0 Å². The van der Waals surface area contributed by atoms with Crippen LogP contribution in [0.3, 0.4) is 0 Å². The van der Waals surface area contributed by atoms with E-state index >= 15 is 0 Å². The number of cyclic esters (lactones) is 1. The molecule has 10 unspecified atom stereocenters. The molecule has 2 aromatic rings. The summed E-state index contributed by atoms with van der Waals surface area (Å²) in [4.78, 5) is 158. The second kappa shape index (κ2) is 36.4. The van der Waals surface area contributed by atoms with Crippen LogP contribution in [0, 0.1) is 0 Å². The van der Waals surface area contributed by atoms with Gasteiger partial charge in [-0.1, -0.05) is 89.0 Å². The van der Waals surface area contributed by atoms with Gasteiger partial charge in [0.15, 0.2) is 0 Å². The zero-order valence-corrected chi connectivity index (χ0v) is 48.4. The first-order chi connectivity index (χ1) is 39.9. The highest BCUT2D eigenvalue weighted by Gasteiger charge is 2.39. The van der Waals surface area contributed by atoms with Gasteiger partial charge in [0.2, 0.25) is 47.3 Å². The molecule has 1 aromatic carbocycles. The van der Waals surface area contributed by atoms with Gasteiger partial charge in [0.05, 0.1) is 37.6 Å². The number of aromatic nitrogens is 2. The summed E-state index contributed by atoms with van der Waals surface area (Å²) in [6.07, 6.45) is 6.30. The Balaban J connectivity index is 2.10. The number of aromatic hydroxyl groups is 1. The lowest BCUT2D eigenvalue weighted by molar-refractivity contribution is -0.156. The monoisotopic (exact) mass is 1180 g/mol. The van der Waals surface area contributed by atoms with Crippen LogP contribution in [0.4, 0.5) is 0 Å². The van der Waals surface area contributed by atoms with Crippen molar-refractivity contribution in [2.45, 2.75) is 199 Å². The standard InChI is InChI=1S/C56H84N12O16/c1-7-10-11-12-13-14-15-16-17-18-37(72)27-44(74)61-38(8-2)51(78)68-48-33(6)84-56(83)42(26-35-28-58-30-60-35)65-53(80)46(31(4)69)66-45(75)29-59-49(76)40(23-24-43(57)73)63-50(77)39(9-3)62-52(79)41(25-34-19-21-36(71)22-20-34)64-54(81)47(32(5)70)67-55(48)82/h8-9,19-22,28,30-33,37,40-42,46-48,69-72H,7,10-18,23-27,29H2,1-6H3,(H2,57,73)(H,58,60)(H,59,76)(H,61,74)(H,62,79)(H,63,77)(H,64,81)(H,65,80)(H,66,75)(H,67,82)(H,68,78). The Labute approximate surface area is 487 Å². The third-order valence-electron chi connectivity index (χ3n) is 13.5. The van der Waals surface area contributed by atoms with Crippen molar-refractivity contribution in [2.24, 2.45) is 5.73 Å². The number of carbonyl (C=O) groups excluding carboxylic acids is 11. The number of amides is 10. The third-order valence-corrected chi connectivity index (χ3v) is 13.5. The minimum absolute atomic E-state index is 0.150. The lowest BCUT2D eigenvalue weighted by Gasteiger charge is -2.30. The Morgan fingerprint density at radius 2 is 1.37 bits per heavy atom. The van der Waals surface area contributed by atoms with Gasteiger partial charge < -0.3 is 83.7 Å². The maximum atomic E-state index is 14.6. The predicted molar refractivity (Wildman–Crippen MR) is 302 cm³/mol. The van der Waals surface area contributed by atoms with E-state index in [-0.39, 0.29) is 17.9 Å². The molecule has 1 saturated heterocycles. The molecule has 10 amide bonds. The van der Waals surface area contributed by atoms with Crippen LogP contribution >= 0.6 is 0 Å². The van der Waals surface area contributed by atoms with Crippen LogP contribution in [0.1, 0.15) is 136 Å². The first kappa shape index (κ1) is 70.0. The van der Waals surface area contributed by atoms with Gasteiger partial charge in [-0.05, 0) is 65.2 Å². The average molecular weight is 1180 g/mol. The molecule has 0 radical (unpaired) electrons. The average Bonchev–Trinajstić information content (AvgIpc) is 4.02. The van der Waals surface area contributed by atoms with E-state index in [4.69, 9.17) is 10.5 Å². The van der Waals surface area contributed by atoms with E-state index in [1.807, 2.05) is 0 Å². The fourth-order valence-electron chi connectivity index (χ4n) is 8.67. The number of allylic oxidation sites excluding steroid dienone is 2. The number of ether oxygens (including phenoxy) is 1. The minimum Gasteiger partial charge on any atom is -0.508 e. The van der Waals surface area contributed by atoms with Crippen molar-refractivity contribution in [1.82, 2.24) is 57.8 Å². The van der Waals surface area contributed by atoms with Gasteiger partial charge >= 0.3 is 5.97 Å². The van der Waals surface area contributed by atoms with Gasteiger partial charge in [0.25, 0.3) is 11.8 Å². The summed E-state index contributed by atoms with van der Waals surface area (Å²) in [7, 11) is 0. The Hall–Kier alpha value is -8.24. The maximum absolute atomic E-state index is 14.6. The van der Waals surface area contributed by atoms with Crippen LogP contribution < -0.4 is 53.6 Å². The van der Waals surface area contributed by atoms with Crippen molar-refractivity contribution in [2.75, 3.05) is 6.54 Å². The van der Waals surface area contributed by atoms with E-state index in [1.165, 1.54) is 76.0 Å². The van der Waals surface area contributed by atoms with Crippen LogP contribution in [0.2, 0.25) is 0 Å². The molecule has 28 nitrogen and oxygen atoms in total. The maximum Gasteiger partial charge on any atom is 0.329 e. The Bertz CT molecular complexity index is 2610. The zero-order valence-electron chi connectivity index (χ0n) is 48.4. The van der Waals surface area contributed by atoms with E-state index in [0.29, 0.717) is 18.4 Å². The minimum atomic E-state index is -2.02. The number of unbranched alkanes of at least 4 members (excludes halogenated alkanes) is 8. The highest BCUT2D eigenvalue weighted by molar-refractivity contribution is 6.03. The van der Waals surface area contributed by atoms with Crippen molar-refractivity contribution in [1.29, 1.82) is 0 Å². The zero-order chi connectivity index (χ0) is 62.5. The molecular formula is C56H84N12O16. The summed E-state index contributed by atoms with van der Waals surface area (Å²) < 4.78 is 5.75. The molecule has 1 aliphatic rings. The number of hydrogen-bond donors (Lipinski definition) is 15. The molecule has 0 aliphatic carbocycles. The fourth-order valence-corrected chi connectivity index (χ4v) is 8.67. The Morgan fingerprint density at radius 1 is 0.762 bits per heavy atom. The molecule has 10 atom stereocenters. The van der Waals surface area contributed by atoms with Gasteiger partial charge in [0, 0.05) is 31.2 Å². The molecule has 0 saturated carbocycles. The fraction of sp³-hybridized carbons (Fsp3) is 0.571. The number of nitrogens with two attached hydrogens (primary N) is 1. The van der Waals surface area contributed by atoms with E-state index in [0.717, 1.165) is 59.0 Å². The number of aliphatic hydroxyl groups is 3. The smallest absolute Gasteiger partial charge is 0.329 e. The second-order valence-corrected chi connectivity index (χ2v) is 20.5. The molecule has 0 spiro atoms. The lowest BCUT2D eigenvalue weighted by atomic mass is 10.0. The number of benzene rings is 1. The number of imidazole rings is 1. The summed E-state index contributed by atoms with van der Waals surface area (Å²) in [5.74, 6) is -12.1. The number of rotatable bonds is 24. The van der Waals surface area contributed by atoms with Crippen LogP contribution in [-0.2, 0) is 70.3 Å². The number of aromatic amines is 1. The molecule has 16 N–H and O–H groups in total. The van der Waals surface area contributed by atoms with Gasteiger partial charge in [0.1, 0.15) is 59.5 Å². The van der Waals surface area contributed by atoms with Crippen molar-refractivity contribution in [3.8, 4) is 5.75 Å². The number of phenolic OH excluding ortho intramolecular Hbond substituents is 1. The highest BCUT2D eigenvalue weighted by atomic mass is 16.5. The Kier molecular flexibility index (Phi) is 30.3. The summed E-state index contributed by atoms with van der Waals surface area (Å²) in [5.41, 5.74) is 5.01. The normalized spacial score (nSPS) is 22.8. The van der Waals surface area contributed by atoms with E-state index in [9.17, 15) is 73.2 Å². The quantitative estimate of drug-likeness (QED) is 0.0327. The number of phenols is 1. The SMILES string of the molecule is CC=C(NC(=O)CC(O)CCCCCCCCCCC)C(=O)NC1C(=O)NC(C(C)O)C(=O)NC(Cc2ccc(O)cc2)C(=O)NC(=CC)C(=O)NC(CCC(N)=O)C(=O)NCC(=O)NC(C(C)O)C(=O)NC(Cc2cnc[nH]2)C(=O)OC1C. The summed E-state index contributed by atoms with van der Waals surface area (Å²) in [6, 6.07) is -5.39. The van der Waals surface area contributed by atoms with Gasteiger partial charge in [-0.3, -0.25) is 47.9 Å². The number of aliphatic hydroxyl groups excluding tert-OH is 3. The molecule has 84 heavy (non-hydrogen) atoms. The number of H-pyrrole nitrogens is 1. The van der Waals surface area contributed by atoms with Crippen molar-refractivity contribution < 1.29 is 77.9 Å². The number of nitrogens with zero attached hydrogens (tertiary/aromatic N) is 1. The van der Waals surface area contributed by atoms with Gasteiger partial charge in [-0.2, -0.15) is 0 Å². The predicted octanol–water partition coefficient (Wildman–Crippen LogP) is -1.39. The molecule has 1 aliphatic heterocycles. The number of esters is 1. The number of primary amides is 1. The van der Waals surface area contributed by atoms with Crippen LogP contribution in [-0.4, -0.2) is 163 Å². The van der Waals surface area contributed by atoms with Crippen molar-refractivity contribution >= 4 is 65.0 Å². The molecule has 1 aromatic heterocycles. The van der Waals surface area contributed by atoms with Gasteiger partial charge in [-0.25, -0.2) is 9.78 Å². The molecule has 2 heterocycles. The second-order valence-electron chi connectivity index (χ2n) is 20.5. The molecule has 1 fully saturated rings. The van der Waals surface area contributed by atoms with Crippen LogP contribution in [0.5, 0.6) is 5.75 Å². The summed E-state index contributed by atoms with van der Waals surface area (Å²) in [5, 5.41) is 63.7. The largest absolute Gasteiger partial charge is 0.508 e. The molecule has 3 rings (SSSR count). The first-order valence-corrected chi connectivity index (χ1v) is 28.2. The Morgan fingerprint density at radius 3 is 1.94 bits per heavy atom. The van der Waals surface area contributed by atoms with E-state index < -0.39 is 169 Å². The summed E-state index contributed by atoms with van der Waals surface area (Å²) in [6.45, 7) is 7.36. The third kappa shape index (κ3) is 24.7.